The van der Waals surface area contributed by atoms with E-state index in [-0.39, 0.29) is 18.4 Å². The molecule has 1 fully saturated rings. The maximum Gasteiger partial charge on any atom is 0.244 e. The van der Waals surface area contributed by atoms with Crippen molar-refractivity contribution in [3.63, 3.8) is 0 Å². The lowest BCUT2D eigenvalue weighted by Crippen LogP contribution is -2.52. The molecule has 2 heterocycles. The number of halogens is 2. The van der Waals surface area contributed by atoms with E-state index in [9.17, 15) is 8.42 Å². The number of aryl methyl sites for hydroxylation is 1. The number of hydrogen-bond acceptors (Lipinski definition) is 4. The van der Waals surface area contributed by atoms with Crippen molar-refractivity contribution in [2.75, 3.05) is 19.6 Å². The third-order valence-electron chi connectivity index (χ3n) is 2.87. The van der Waals surface area contributed by atoms with Gasteiger partial charge in [0.05, 0.1) is 8.68 Å². The average Bonchev–Trinajstić information content (AvgIpc) is 2.59. The maximum atomic E-state index is 12.5. The van der Waals surface area contributed by atoms with Crippen LogP contribution >= 0.6 is 39.7 Å². The van der Waals surface area contributed by atoms with Crippen molar-refractivity contribution in [3.05, 3.63) is 14.7 Å². The molecule has 18 heavy (non-hydrogen) atoms. The fourth-order valence-corrected chi connectivity index (χ4v) is 6.01. The fourth-order valence-electron chi connectivity index (χ4n) is 1.99. The maximum absolute atomic E-state index is 12.5. The summed E-state index contributed by atoms with van der Waals surface area (Å²) in [7, 11) is -3.35. The summed E-state index contributed by atoms with van der Waals surface area (Å²) >= 11 is 4.79. The molecule has 4 nitrogen and oxygen atoms in total. The van der Waals surface area contributed by atoms with Gasteiger partial charge in [-0.1, -0.05) is 0 Å². The smallest absolute Gasteiger partial charge is 0.244 e. The minimum absolute atomic E-state index is 0. The van der Waals surface area contributed by atoms with Crippen LogP contribution in [-0.4, -0.2) is 38.4 Å². The van der Waals surface area contributed by atoms with Gasteiger partial charge < -0.3 is 5.32 Å². The van der Waals surface area contributed by atoms with Crippen molar-refractivity contribution in [2.45, 2.75) is 24.8 Å². The molecule has 1 atom stereocenters. The summed E-state index contributed by atoms with van der Waals surface area (Å²) in [6.07, 6.45) is 0. The minimum atomic E-state index is -3.35. The zero-order valence-corrected chi connectivity index (χ0v) is 14.2. The molecule has 0 radical (unpaired) electrons. The normalized spacial score (nSPS) is 21.6. The molecule has 1 saturated heterocycles. The largest absolute Gasteiger partial charge is 0.314 e. The molecule has 0 aliphatic carbocycles. The van der Waals surface area contributed by atoms with Crippen LogP contribution in [0, 0.1) is 6.92 Å². The number of hydrogen-bond donors (Lipinski definition) is 1. The van der Waals surface area contributed by atoms with Gasteiger partial charge in [0.25, 0.3) is 0 Å². The van der Waals surface area contributed by atoms with Gasteiger partial charge in [-0.05, 0) is 35.8 Å². The van der Waals surface area contributed by atoms with Crippen LogP contribution in [0.1, 0.15) is 11.8 Å². The molecule has 2 rings (SSSR count). The average molecular weight is 376 g/mol. The Morgan fingerprint density at radius 3 is 2.72 bits per heavy atom. The molecule has 0 saturated carbocycles. The predicted octanol–water partition coefficient (Wildman–Crippen LogP) is 2.22. The standard InChI is InChI=1S/C10H15BrN2O2S2.ClH/c1-7-6-12-3-4-13(7)17(14,15)9-5-10(11)16-8(9)2;/h5,7,12H,3-4,6H2,1-2H3;1H/t7-;/m1./s1. The monoisotopic (exact) mass is 374 g/mol. The van der Waals surface area contributed by atoms with Crippen molar-refractivity contribution in [2.24, 2.45) is 0 Å². The number of nitrogens with one attached hydrogen (secondary N) is 1. The first-order valence-corrected chi connectivity index (χ1v) is 8.46. The number of piperazine rings is 1. The molecule has 1 aromatic heterocycles. The molecule has 104 valence electrons. The van der Waals surface area contributed by atoms with E-state index < -0.39 is 10.0 Å². The highest BCUT2D eigenvalue weighted by atomic mass is 79.9. The van der Waals surface area contributed by atoms with E-state index in [1.165, 1.54) is 11.3 Å². The van der Waals surface area contributed by atoms with Crippen LogP contribution < -0.4 is 5.32 Å². The SMILES string of the molecule is Cc1sc(Br)cc1S(=O)(=O)N1CCNC[C@H]1C.Cl. The lowest BCUT2D eigenvalue weighted by molar-refractivity contribution is 0.284. The summed E-state index contributed by atoms with van der Waals surface area (Å²) in [6, 6.07) is 1.70. The van der Waals surface area contributed by atoms with Gasteiger partial charge in [0.15, 0.2) is 0 Å². The summed E-state index contributed by atoms with van der Waals surface area (Å²) in [4.78, 5) is 1.27. The second kappa shape index (κ2) is 6.19. The fraction of sp³-hybridized carbons (Fsp3) is 0.600. The van der Waals surface area contributed by atoms with Crippen LogP contribution in [0.25, 0.3) is 0 Å². The lowest BCUT2D eigenvalue weighted by atomic mass is 10.3. The van der Waals surface area contributed by atoms with Gasteiger partial charge in [0.2, 0.25) is 10.0 Å². The molecular formula is C10H16BrClN2O2S2. The van der Waals surface area contributed by atoms with Gasteiger partial charge in [-0.2, -0.15) is 4.31 Å². The Bertz CT molecular complexity index is 518. The number of rotatable bonds is 2. The van der Waals surface area contributed by atoms with Gasteiger partial charge >= 0.3 is 0 Å². The highest BCUT2D eigenvalue weighted by Gasteiger charge is 2.32. The first-order chi connectivity index (χ1) is 7.93. The van der Waals surface area contributed by atoms with Crippen molar-refractivity contribution < 1.29 is 8.42 Å². The van der Waals surface area contributed by atoms with E-state index in [0.29, 0.717) is 24.5 Å². The summed E-state index contributed by atoms with van der Waals surface area (Å²) in [5.74, 6) is 0. The molecule has 1 N–H and O–H groups in total. The Hall–Kier alpha value is 0.340. The summed E-state index contributed by atoms with van der Waals surface area (Å²) < 4.78 is 27.5. The van der Waals surface area contributed by atoms with Crippen molar-refractivity contribution in [3.8, 4) is 0 Å². The zero-order valence-electron chi connectivity index (χ0n) is 10.1. The van der Waals surface area contributed by atoms with Crippen LogP contribution in [0.4, 0.5) is 0 Å². The summed E-state index contributed by atoms with van der Waals surface area (Å²) in [5, 5.41) is 3.20. The molecule has 0 spiro atoms. The molecule has 1 aliphatic rings. The Morgan fingerprint density at radius 1 is 1.56 bits per heavy atom. The Morgan fingerprint density at radius 2 is 2.22 bits per heavy atom. The molecule has 0 aromatic carbocycles. The molecule has 0 amide bonds. The van der Waals surface area contributed by atoms with Crippen LogP contribution in [0.2, 0.25) is 0 Å². The second-order valence-electron chi connectivity index (χ2n) is 4.14. The predicted molar refractivity (Wildman–Crippen MR) is 80.2 cm³/mol. The quantitative estimate of drug-likeness (QED) is 0.862. The second-order valence-corrected chi connectivity index (χ2v) is 8.63. The molecule has 0 unspecified atom stereocenters. The van der Waals surface area contributed by atoms with Gasteiger partial charge in [0.1, 0.15) is 0 Å². The molecule has 0 bridgehead atoms. The Balaban J connectivity index is 0.00000162. The van der Waals surface area contributed by atoms with E-state index in [1.54, 1.807) is 10.4 Å². The van der Waals surface area contributed by atoms with Crippen LogP contribution in [0.3, 0.4) is 0 Å². The topological polar surface area (TPSA) is 49.4 Å². The number of sulfonamides is 1. The van der Waals surface area contributed by atoms with Gasteiger partial charge in [-0.25, -0.2) is 8.42 Å². The summed E-state index contributed by atoms with van der Waals surface area (Å²) in [6.45, 7) is 5.74. The van der Waals surface area contributed by atoms with Crippen molar-refractivity contribution in [1.82, 2.24) is 9.62 Å². The zero-order chi connectivity index (χ0) is 12.6. The molecule has 1 aromatic rings. The van der Waals surface area contributed by atoms with Crippen molar-refractivity contribution in [1.29, 1.82) is 0 Å². The number of thiophene rings is 1. The van der Waals surface area contributed by atoms with E-state index in [0.717, 1.165) is 8.66 Å². The number of nitrogens with zero attached hydrogens (tertiary/aromatic N) is 1. The molecule has 8 heteroatoms. The van der Waals surface area contributed by atoms with E-state index in [4.69, 9.17) is 0 Å². The first-order valence-electron chi connectivity index (χ1n) is 5.41. The van der Waals surface area contributed by atoms with Crippen LogP contribution in [0.5, 0.6) is 0 Å². The van der Waals surface area contributed by atoms with E-state index in [1.807, 2.05) is 13.8 Å². The highest BCUT2D eigenvalue weighted by Crippen LogP contribution is 2.32. The van der Waals surface area contributed by atoms with Gasteiger partial charge in [-0.15, -0.1) is 23.7 Å². The lowest BCUT2D eigenvalue weighted by Gasteiger charge is -2.32. The van der Waals surface area contributed by atoms with E-state index in [2.05, 4.69) is 21.2 Å². The molecule has 1 aliphatic heterocycles. The Labute approximate surface area is 126 Å². The minimum Gasteiger partial charge on any atom is -0.314 e. The van der Waals surface area contributed by atoms with Gasteiger partial charge in [0, 0.05) is 30.6 Å². The Kier molecular flexibility index (Phi) is 5.64. The third-order valence-corrected chi connectivity index (χ3v) is 6.69. The highest BCUT2D eigenvalue weighted by molar-refractivity contribution is 9.11. The van der Waals surface area contributed by atoms with Gasteiger partial charge in [-0.3, -0.25) is 0 Å². The summed E-state index contributed by atoms with van der Waals surface area (Å²) in [5.41, 5.74) is 0. The van der Waals surface area contributed by atoms with Crippen LogP contribution in [-0.2, 0) is 10.0 Å². The first kappa shape index (κ1) is 16.4. The van der Waals surface area contributed by atoms with E-state index >= 15 is 0 Å². The van der Waals surface area contributed by atoms with Crippen molar-refractivity contribution >= 4 is 49.7 Å². The third kappa shape index (κ3) is 3.08. The van der Waals surface area contributed by atoms with Crippen LogP contribution in [0.15, 0.2) is 14.7 Å². The molecular weight excluding hydrogens is 360 g/mol.